The fraction of sp³-hybridized carbons (Fsp3) is 0.552. The predicted molar refractivity (Wildman–Crippen MR) is 130 cm³/mol. The molecule has 9 atom stereocenters. The van der Waals surface area contributed by atoms with Crippen LogP contribution in [0.1, 0.15) is 50.4 Å². The lowest BCUT2D eigenvalue weighted by Crippen LogP contribution is -2.64. The zero-order valence-electron chi connectivity index (χ0n) is 20.8. The second kappa shape index (κ2) is 8.45. The van der Waals surface area contributed by atoms with Gasteiger partial charge in [-0.25, -0.2) is 9.18 Å². The number of ether oxygens (including phenoxy) is 1. The van der Waals surface area contributed by atoms with Crippen molar-refractivity contribution in [1.82, 2.24) is 0 Å². The van der Waals surface area contributed by atoms with Crippen LogP contribution in [0.5, 0.6) is 0 Å². The van der Waals surface area contributed by atoms with Crippen LogP contribution in [0.4, 0.5) is 4.39 Å². The van der Waals surface area contributed by atoms with Crippen molar-refractivity contribution >= 4 is 17.5 Å². The summed E-state index contributed by atoms with van der Waals surface area (Å²) in [6, 6.07) is 8.38. The summed E-state index contributed by atoms with van der Waals surface area (Å²) in [4.78, 5) is 38.8. The van der Waals surface area contributed by atoms with E-state index in [0.717, 1.165) is 0 Å². The van der Waals surface area contributed by atoms with E-state index < -0.39 is 53.0 Å². The van der Waals surface area contributed by atoms with Gasteiger partial charge in [-0.15, -0.1) is 0 Å². The average molecular weight is 497 g/mol. The summed E-state index contributed by atoms with van der Waals surface area (Å²) < 4.78 is 21.7. The molecule has 1 unspecified atom stereocenters. The number of benzene rings is 1. The standard InChI is InChI=1S/C29H33FO6/c1-16-11-20-19-13-22(30)21-12-18(32)9-10-27(21,2)25(19)23(33)14-28(20,3)29(16,24(34)15-31)36-26(35)17-7-5-4-6-8-17/h4-10,12,16,19-20,22-23,25,31,33H,11,13-15H2,1-3H3/t16-,19+,20+,22+,23?,25-,27+,28+,29+/m1/s1. The molecule has 6 nitrogen and oxygen atoms in total. The number of Topliss-reactive ketones (excluding diaryl/α,β-unsaturated/α-hetero) is 1. The van der Waals surface area contributed by atoms with E-state index in [9.17, 15) is 24.6 Å². The van der Waals surface area contributed by atoms with Crippen LogP contribution in [0.15, 0.2) is 54.1 Å². The molecule has 36 heavy (non-hydrogen) atoms. The third kappa shape index (κ3) is 3.25. The van der Waals surface area contributed by atoms with E-state index >= 15 is 4.39 Å². The van der Waals surface area contributed by atoms with Crippen LogP contribution in [-0.4, -0.2) is 52.2 Å². The van der Waals surface area contributed by atoms with Gasteiger partial charge in [0.25, 0.3) is 0 Å². The van der Waals surface area contributed by atoms with Crippen LogP contribution in [0.3, 0.4) is 0 Å². The van der Waals surface area contributed by atoms with E-state index in [1.165, 1.54) is 12.2 Å². The number of esters is 1. The van der Waals surface area contributed by atoms with Gasteiger partial charge in [-0.3, -0.25) is 9.59 Å². The molecule has 192 valence electrons. The molecule has 1 aromatic rings. The van der Waals surface area contributed by atoms with Gasteiger partial charge in [0.2, 0.25) is 5.78 Å². The van der Waals surface area contributed by atoms with Gasteiger partial charge >= 0.3 is 5.97 Å². The largest absolute Gasteiger partial charge is 0.446 e. The van der Waals surface area contributed by atoms with E-state index in [4.69, 9.17) is 4.74 Å². The topological polar surface area (TPSA) is 101 Å². The molecular formula is C29H33FO6. The van der Waals surface area contributed by atoms with E-state index in [0.29, 0.717) is 12.0 Å². The van der Waals surface area contributed by atoms with E-state index in [2.05, 4.69) is 0 Å². The highest BCUT2D eigenvalue weighted by Gasteiger charge is 2.73. The molecule has 0 radical (unpaired) electrons. The fourth-order valence-corrected chi connectivity index (χ4v) is 8.42. The first kappa shape index (κ1) is 25.0. The van der Waals surface area contributed by atoms with Crippen molar-refractivity contribution in [3.05, 3.63) is 59.7 Å². The zero-order chi connectivity index (χ0) is 26.0. The molecule has 0 amide bonds. The molecule has 3 saturated carbocycles. The number of fused-ring (bicyclic) bond motifs is 5. The molecule has 4 aliphatic rings. The molecule has 5 rings (SSSR count). The smallest absolute Gasteiger partial charge is 0.339 e. The van der Waals surface area contributed by atoms with Gasteiger partial charge in [-0.2, -0.15) is 0 Å². The lowest BCUT2D eigenvalue weighted by molar-refractivity contribution is -0.186. The Morgan fingerprint density at radius 1 is 1.17 bits per heavy atom. The molecule has 0 heterocycles. The summed E-state index contributed by atoms with van der Waals surface area (Å²) in [5.41, 5.74) is -2.81. The van der Waals surface area contributed by atoms with Gasteiger partial charge in [0.1, 0.15) is 12.8 Å². The van der Waals surface area contributed by atoms with Crippen LogP contribution in [0.2, 0.25) is 0 Å². The van der Waals surface area contributed by atoms with E-state index in [1.54, 1.807) is 36.4 Å². The SMILES string of the molecule is C[C@@H]1C[C@H]2[C@@H]3C[C@H](F)C4=CC(=O)C=C[C@]4(C)[C@H]3C(O)C[C@]2(C)[C@@]1(OC(=O)c1ccccc1)C(=O)CO. The first-order chi connectivity index (χ1) is 17.0. The Balaban J connectivity index is 1.59. The maximum atomic E-state index is 15.6. The maximum absolute atomic E-state index is 15.6. The zero-order valence-corrected chi connectivity index (χ0v) is 20.8. The number of hydrogen-bond donors (Lipinski definition) is 2. The van der Waals surface area contributed by atoms with Crippen LogP contribution in [-0.2, 0) is 14.3 Å². The monoisotopic (exact) mass is 496 g/mol. The number of hydrogen-bond acceptors (Lipinski definition) is 6. The molecule has 4 aliphatic carbocycles. The number of rotatable bonds is 4. The minimum atomic E-state index is -1.66. The van der Waals surface area contributed by atoms with Crippen LogP contribution >= 0.6 is 0 Å². The summed E-state index contributed by atoms with van der Waals surface area (Å²) in [5.74, 6) is -2.86. The van der Waals surface area contributed by atoms with Crippen molar-refractivity contribution in [2.45, 2.75) is 57.9 Å². The summed E-state index contributed by atoms with van der Waals surface area (Å²) in [6.45, 7) is 4.74. The van der Waals surface area contributed by atoms with Crippen molar-refractivity contribution < 1.29 is 33.7 Å². The van der Waals surface area contributed by atoms with Crippen molar-refractivity contribution in [1.29, 1.82) is 0 Å². The highest BCUT2D eigenvalue weighted by molar-refractivity contribution is 6.01. The van der Waals surface area contributed by atoms with E-state index in [-0.39, 0.29) is 41.9 Å². The number of allylic oxidation sites excluding steroid dienone is 4. The summed E-state index contributed by atoms with van der Waals surface area (Å²) >= 11 is 0. The molecule has 0 aliphatic heterocycles. The molecule has 0 saturated heterocycles. The third-order valence-corrected chi connectivity index (χ3v) is 9.84. The minimum absolute atomic E-state index is 0.118. The minimum Gasteiger partial charge on any atom is -0.446 e. The summed E-state index contributed by atoms with van der Waals surface area (Å²) in [5, 5.41) is 21.6. The molecule has 2 N–H and O–H groups in total. The van der Waals surface area contributed by atoms with Gasteiger partial charge in [-0.1, -0.05) is 45.0 Å². The van der Waals surface area contributed by atoms with Crippen molar-refractivity contribution in [3.63, 3.8) is 0 Å². The van der Waals surface area contributed by atoms with Gasteiger partial charge in [0.15, 0.2) is 11.4 Å². The fourth-order valence-electron chi connectivity index (χ4n) is 8.42. The Bertz CT molecular complexity index is 1160. The molecular weight excluding hydrogens is 463 g/mol. The van der Waals surface area contributed by atoms with Gasteiger partial charge < -0.3 is 14.9 Å². The van der Waals surface area contributed by atoms with Gasteiger partial charge in [-0.05, 0) is 61.0 Å². The van der Waals surface area contributed by atoms with Crippen molar-refractivity contribution in [2.24, 2.45) is 34.5 Å². The number of carbonyl (C=O) groups excluding carboxylic acids is 3. The maximum Gasteiger partial charge on any atom is 0.339 e. The Morgan fingerprint density at radius 3 is 2.53 bits per heavy atom. The molecule has 7 heteroatoms. The van der Waals surface area contributed by atoms with Gasteiger partial charge in [0, 0.05) is 22.7 Å². The Morgan fingerprint density at radius 2 is 1.86 bits per heavy atom. The van der Waals surface area contributed by atoms with Crippen LogP contribution in [0.25, 0.3) is 0 Å². The molecule has 0 aromatic heterocycles. The number of carbonyl (C=O) groups is 3. The number of halogens is 1. The quantitative estimate of drug-likeness (QED) is 0.618. The predicted octanol–water partition coefficient (Wildman–Crippen LogP) is 3.62. The lowest BCUT2D eigenvalue weighted by Gasteiger charge is -2.60. The average Bonchev–Trinajstić information content (AvgIpc) is 3.07. The number of ketones is 2. The second-order valence-electron chi connectivity index (χ2n) is 11.5. The first-order valence-electron chi connectivity index (χ1n) is 12.7. The highest BCUT2D eigenvalue weighted by atomic mass is 19.1. The van der Waals surface area contributed by atoms with Crippen LogP contribution in [0, 0.1) is 34.5 Å². The van der Waals surface area contributed by atoms with Gasteiger partial charge in [0.05, 0.1) is 11.7 Å². The third-order valence-electron chi connectivity index (χ3n) is 9.84. The Hall–Kier alpha value is -2.64. The first-order valence-corrected chi connectivity index (χ1v) is 12.7. The Labute approximate surface area is 210 Å². The summed E-state index contributed by atoms with van der Waals surface area (Å²) in [6.07, 6.45) is 3.00. The second-order valence-corrected chi connectivity index (χ2v) is 11.5. The number of aliphatic hydroxyl groups is 2. The number of alkyl halides is 1. The van der Waals surface area contributed by atoms with Crippen molar-refractivity contribution in [2.75, 3.05) is 6.61 Å². The molecule has 0 bridgehead atoms. The Kier molecular flexibility index (Phi) is 5.88. The van der Waals surface area contributed by atoms with Crippen molar-refractivity contribution in [3.8, 4) is 0 Å². The van der Waals surface area contributed by atoms with Crippen LogP contribution < -0.4 is 0 Å². The molecule has 0 spiro atoms. The molecule has 1 aromatic carbocycles. The summed E-state index contributed by atoms with van der Waals surface area (Å²) in [7, 11) is 0. The van der Waals surface area contributed by atoms with E-state index in [1.807, 2.05) is 20.8 Å². The molecule has 3 fully saturated rings. The highest BCUT2D eigenvalue weighted by Crippen LogP contribution is 2.69. The number of aliphatic hydroxyl groups excluding tert-OH is 2. The lowest BCUT2D eigenvalue weighted by atomic mass is 9.46. The normalized spacial score (nSPS) is 43.2.